The van der Waals surface area contributed by atoms with Crippen LogP contribution in [0.1, 0.15) is 38.3 Å². The Labute approximate surface area is 104 Å². The number of rotatable bonds is 0. The molecule has 0 spiro atoms. The summed E-state index contributed by atoms with van der Waals surface area (Å²) in [6.45, 7) is 2.28. The van der Waals surface area contributed by atoms with Crippen LogP contribution in [0.25, 0.3) is 0 Å². The van der Waals surface area contributed by atoms with Gasteiger partial charge in [-0.1, -0.05) is 25.5 Å². The second kappa shape index (κ2) is 2.90. The summed E-state index contributed by atoms with van der Waals surface area (Å²) >= 11 is 0. The molecule has 4 aliphatic rings. The molecule has 5 nitrogen and oxygen atoms in total. The average Bonchev–Trinajstić information content (AvgIpc) is 2.87. The maximum Gasteiger partial charge on any atom is 0.347 e. The standard InChI is InChI=1S/C13H17N3O2/c1-13-7-3-4-8(13)9-5-6-10(13)16-12(18)14(2)11(17)15(9)16/h5-6,8-10H,3-4,7H2,1-2H3. The summed E-state index contributed by atoms with van der Waals surface area (Å²) in [7, 11) is 1.57. The Balaban J connectivity index is 2.09. The largest absolute Gasteiger partial charge is 0.347 e. The molecule has 3 heterocycles. The van der Waals surface area contributed by atoms with E-state index in [2.05, 4.69) is 19.1 Å². The molecule has 4 atom stereocenters. The molecule has 1 saturated carbocycles. The highest BCUT2D eigenvalue weighted by Crippen LogP contribution is 2.59. The fourth-order valence-electron chi connectivity index (χ4n) is 4.43. The monoisotopic (exact) mass is 247 g/mol. The molecule has 2 aliphatic heterocycles. The van der Waals surface area contributed by atoms with Gasteiger partial charge in [-0.05, 0) is 24.2 Å². The van der Waals surface area contributed by atoms with Gasteiger partial charge in [0.05, 0.1) is 12.1 Å². The van der Waals surface area contributed by atoms with Crippen LogP contribution in [0, 0.1) is 11.3 Å². The van der Waals surface area contributed by atoms with Gasteiger partial charge in [-0.3, -0.25) is 0 Å². The number of hydrogen-bond acceptors (Lipinski definition) is 2. The number of allylic oxidation sites excluding steroid dienone is 2. The molecule has 4 unspecified atom stereocenters. The van der Waals surface area contributed by atoms with Crippen LogP contribution in [0.2, 0.25) is 0 Å². The molecule has 0 aromatic carbocycles. The number of nitrogens with zero attached hydrogens (tertiary/aromatic N) is 3. The Morgan fingerprint density at radius 1 is 1.22 bits per heavy atom. The molecule has 18 heavy (non-hydrogen) atoms. The van der Waals surface area contributed by atoms with E-state index in [1.54, 1.807) is 16.4 Å². The first-order valence-electron chi connectivity index (χ1n) is 6.64. The van der Waals surface area contributed by atoms with Crippen molar-refractivity contribution >= 4 is 0 Å². The third kappa shape index (κ3) is 0.886. The molecule has 5 rings (SSSR count). The van der Waals surface area contributed by atoms with Gasteiger partial charge >= 0.3 is 11.4 Å². The normalized spacial score (nSPS) is 40.0. The van der Waals surface area contributed by atoms with Crippen molar-refractivity contribution in [1.82, 2.24) is 13.9 Å². The molecule has 1 fully saturated rings. The third-order valence-electron chi connectivity index (χ3n) is 5.40. The van der Waals surface area contributed by atoms with Crippen molar-refractivity contribution in [3.63, 3.8) is 0 Å². The van der Waals surface area contributed by atoms with Crippen LogP contribution in [0.4, 0.5) is 0 Å². The van der Waals surface area contributed by atoms with Crippen molar-refractivity contribution in [2.45, 2.75) is 38.3 Å². The molecule has 1 aromatic heterocycles. The lowest BCUT2D eigenvalue weighted by Gasteiger charge is -2.49. The van der Waals surface area contributed by atoms with Gasteiger partial charge < -0.3 is 0 Å². The van der Waals surface area contributed by atoms with Gasteiger partial charge in [0.15, 0.2) is 0 Å². The first-order valence-corrected chi connectivity index (χ1v) is 6.64. The summed E-state index contributed by atoms with van der Waals surface area (Å²) in [4.78, 5) is 24.4. The smallest absolute Gasteiger partial charge is 0.246 e. The summed E-state index contributed by atoms with van der Waals surface area (Å²) in [5.41, 5.74) is -0.198. The highest BCUT2D eigenvalue weighted by Gasteiger charge is 2.55. The summed E-state index contributed by atoms with van der Waals surface area (Å²) in [5, 5.41) is 0. The van der Waals surface area contributed by atoms with Crippen molar-refractivity contribution in [2.75, 3.05) is 0 Å². The van der Waals surface area contributed by atoms with Crippen LogP contribution in [0.3, 0.4) is 0 Å². The van der Waals surface area contributed by atoms with E-state index in [1.165, 1.54) is 11.0 Å². The fraction of sp³-hybridized carbons (Fsp3) is 0.692. The van der Waals surface area contributed by atoms with Gasteiger partial charge in [-0.15, -0.1) is 0 Å². The number of hydrogen-bond donors (Lipinski definition) is 0. The van der Waals surface area contributed by atoms with E-state index < -0.39 is 0 Å². The van der Waals surface area contributed by atoms with Crippen molar-refractivity contribution in [3.05, 3.63) is 33.1 Å². The maximum absolute atomic E-state index is 12.2. The van der Waals surface area contributed by atoms with Crippen LogP contribution in [0.15, 0.2) is 21.7 Å². The van der Waals surface area contributed by atoms with E-state index in [4.69, 9.17) is 0 Å². The molecule has 0 N–H and O–H groups in total. The molecule has 2 bridgehead atoms. The summed E-state index contributed by atoms with van der Waals surface area (Å²) in [6, 6.07) is 0.125. The second-order valence-electron chi connectivity index (χ2n) is 6.14. The Morgan fingerprint density at radius 2 is 1.94 bits per heavy atom. The molecule has 5 heteroatoms. The molecular formula is C13H17N3O2. The van der Waals surface area contributed by atoms with E-state index >= 15 is 0 Å². The lowest BCUT2D eigenvalue weighted by molar-refractivity contribution is 0.0361. The molecular weight excluding hydrogens is 230 g/mol. The van der Waals surface area contributed by atoms with E-state index in [-0.39, 0.29) is 28.9 Å². The van der Waals surface area contributed by atoms with Crippen LogP contribution in [-0.2, 0) is 7.05 Å². The van der Waals surface area contributed by atoms with E-state index in [0.29, 0.717) is 5.92 Å². The summed E-state index contributed by atoms with van der Waals surface area (Å²) in [5.74, 6) is 0.506. The zero-order valence-corrected chi connectivity index (χ0v) is 10.7. The summed E-state index contributed by atoms with van der Waals surface area (Å²) in [6.07, 6.45) is 7.78. The first kappa shape index (κ1) is 10.4. The molecule has 1 aromatic rings. The van der Waals surface area contributed by atoms with Crippen molar-refractivity contribution < 1.29 is 0 Å². The minimum absolute atomic E-state index is 0.0522. The Morgan fingerprint density at radius 3 is 2.72 bits per heavy atom. The zero-order valence-electron chi connectivity index (χ0n) is 10.7. The van der Waals surface area contributed by atoms with Crippen LogP contribution >= 0.6 is 0 Å². The van der Waals surface area contributed by atoms with Gasteiger partial charge in [-0.2, -0.15) is 0 Å². The van der Waals surface area contributed by atoms with Gasteiger partial charge in [0.1, 0.15) is 0 Å². The van der Waals surface area contributed by atoms with Crippen molar-refractivity contribution in [2.24, 2.45) is 18.4 Å². The predicted octanol–water partition coefficient (Wildman–Crippen LogP) is 0.820. The van der Waals surface area contributed by atoms with Crippen LogP contribution in [-0.4, -0.2) is 13.9 Å². The lowest BCUT2D eigenvalue weighted by atomic mass is 9.66. The molecule has 0 saturated heterocycles. The minimum Gasteiger partial charge on any atom is -0.246 e. The molecule has 2 aliphatic carbocycles. The van der Waals surface area contributed by atoms with Gasteiger partial charge in [-0.25, -0.2) is 23.5 Å². The van der Waals surface area contributed by atoms with Gasteiger partial charge in [0, 0.05) is 7.05 Å². The third-order valence-corrected chi connectivity index (χ3v) is 5.40. The fourth-order valence-corrected chi connectivity index (χ4v) is 4.43. The highest BCUT2D eigenvalue weighted by molar-refractivity contribution is 5.20. The van der Waals surface area contributed by atoms with Crippen molar-refractivity contribution in [1.29, 1.82) is 0 Å². The Bertz CT molecular complexity index is 677. The lowest BCUT2D eigenvalue weighted by Crippen LogP contribution is -2.52. The Kier molecular flexibility index (Phi) is 1.67. The zero-order chi connectivity index (χ0) is 12.7. The molecule has 96 valence electrons. The van der Waals surface area contributed by atoms with Gasteiger partial charge in [0.25, 0.3) is 0 Å². The maximum atomic E-state index is 12.2. The molecule has 0 radical (unpaired) electrons. The minimum atomic E-state index is -0.175. The van der Waals surface area contributed by atoms with Crippen LogP contribution < -0.4 is 11.4 Å². The Hall–Kier alpha value is -1.52. The van der Waals surface area contributed by atoms with Gasteiger partial charge in [0.2, 0.25) is 0 Å². The first-order chi connectivity index (χ1) is 8.55. The molecule has 0 amide bonds. The van der Waals surface area contributed by atoms with Crippen LogP contribution in [0.5, 0.6) is 0 Å². The topological polar surface area (TPSA) is 48.9 Å². The SMILES string of the molecule is Cn1c(=O)n2n(c1=O)C1C=CC2C2CCCC21C. The van der Waals surface area contributed by atoms with E-state index in [0.717, 1.165) is 12.8 Å². The van der Waals surface area contributed by atoms with E-state index in [9.17, 15) is 9.59 Å². The second-order valence-corrected chi connectivity index (χ2v) is 6.14. The quantitative estimate of drug-likeness (QED) is 0.637. The average molecular weight is 247 g/mol. The van der Waals surface area contributed by atoms with Crippen molar-refractivity contribution in [3.8, 4) is 0 Å². The number of aromatic nitrogens is 3. The predicted molar refractivity (Wildman–Crippen MR) is 66.6 cm³/mol. The van der Waals surface area contributed by atoms with E-state index in [1.807, 2.05) is 0 Å². The summed E-state index contributed by atoms with van der Waals surface area (Å²) < 4.78 is 4.61. The highest BCUT2D eigenvalue weighted by atomic mass is 16.2.